The highest BCUT2D eigenvalue weighted by Crippen LogP contribution is 2.30. The largest absolute Gasteiger partial charge is 0.507 e. The first-order valence-electron chi connectivity index (χ1n) is 5.84. The Hall–Kier alpha value is -1.73. The fraction of sp³-hybridized carbons (Fsp3) is 0.154. The van der Waals surface area contributed by atoms with E-state index in [0.717, 1.165) is 15.2 Å². The van der Waals surface area contributed by atoms with Crippen molar-refractivity contribution in [2.24, 2.45) is 0 Å². The van der Waals surface area contributed by atoms with Crippen molar-refractivity contribution in [3.05, 3.63) is 44.6 Å². The molecule has 0 aliphatic carbocycles. The predicted octanol–water partition coefficient (Wildman–Crippen LogP) is 3.56. The highest BCUT2D eigenvalue weighted by atomic mass is 79.9. The number of aromatic nitrogens is 3. The number of halogens is 1. The number of hydrogen-bond acceptors (Lipinski definition) is 6. The third kappa shape index (κ3) is 2.73. The summed E-state index contributed by atoms with van der Waals surface area (Å²) in [6, 6.07) is 5.06. The molecular formula is C13H10BrN3O2S. The van der Waals surface area contributed by atoms with E-state index in [1.807, 2.05) is 12.3 Å². The molecule has 20 heavy (non-hydrogen) atoms. The zero-order valence-electron chi connectivity index (χ0n) is 10.5. The van der Waals surface area contributed by atoms with Gasteiger partial charge in [0, 0.05) is 9.85 Å². The van der Waals surface area contributed by atoms with Crippen molar-refractivity contribution in [2.45, 2.75) is 13.3 Å². The smallest absolute Gasteiger partial charge is 0.261 e. The first kappa shape index (κ1) is 13.3. The lowest BCUT2D eigenvalue weighted by Crippen LogP contribution is -1.91. The molecular weight excluding hydrogens is 342 g/mol. The monoisotopic (exact) mass is 351 g/mol. The van der Waals surface area contributed by atoms with Crippen LogP contribution in [0.3, 0.4) is 0 Å². The summed E-state index contributed by atoms with van der Waals surface area (Å²) in [4.78, 5) is 8.65. The Bertz CT molecular complexity index is 754. The highest BCUT2D eigenvalue weighted by Gasteiger charge is 2.14. The molecule has 1 N–H and O–H groups in total. The van der Waals surface area contributed by atoms with E-state index in [1.54, 1.807) is 29.5 Å². The van der Waals surface area contributed by atoms with Crippen LogP contribution in [-0.2, 0) is 6.42 Å². The number of nitrogens with zero attached hydrogens (tertiary/aromatic N) is 3. The quantitative estimate of drug-likeness (QED) is 0.780. The molecule has 1 aromatic carbocycles. The molecule has 2 aromatic heterocycles. The van der Waals surface area contributed by atoms with E-state index in [-0.39, 0.29) is 5.75 Å². The minimum atomic E-state index is 0.105. The first-order chi connectivity index (χ1) is 9.61. The summed E-state index contributed by atoms with van der Waals surface area (Å²) in [5.74, 6) is 0.948. The van der Waals surface area contributed by atoms with Crippen LogP contribution in [0.4, 0.5) is 0 Å². The topological polar surface area (TPSA) is 72.0 Å². The fourth-order valence-electron chi connectivity index (χ4n) is 1.77. The molecule has 0 atom stereocenters. The molecule has 0 saturated carbocycles. The highest BCUT2D eigenvalue weighted by molar-refractivity contribution is 9.10. The minimum Gasteiger partial charge on any atom is -0.507 e. The summed E-state index contributed by atoms with van der Waals surface area (Å²) in [6.07, 6.45) is 0.516. The molecule has 7 heteroatoms. The SMILES string of the molecule is Cc1nc(Cc2noc(-c3cc(Br)ccc3O)n2)cs1. The molecule has 3 aromatic rings. The minimum absolute atomic E-state index is 0.105. The molecule has 5 nitrogen and oxygen atoms in total. The van der Waals surface area contributed by atoms with Gasteiger partial charge in [-0.2, -0.15) is 4.98 Å². The van der Waals surface area contributed by atoms with Gasteiger partial charge < -0.3 is 9.63 Å². The van der Waals surface area contributed by atoms with Gasteiger partial charge in [0.05, 0.1) is 22.7 Å². The van der Waals surface area contributed by atoms with E-state index in [9.17, 15) is 5.11 Å². The normalized spacial score (nSPS) is 10.9. The van der Waals surface area contributed by atoms with Gasteiger partial charge in [0.1, 0.15) is 5.75 Å². The van der Waals surface area contributed by atoms with Gasteiger partial charge in [-0.1, -0.05) is 21.1 Å². The van der Waals surface area contributed by atoms with Crippen LogP contribution in [0.2, 0.25) is 0 Å². The van der Waals surface area contributed by atoms with Crippen LogP contribution >= 0.6 is 27.3 Å². The Morgan fingerprint density at radius 3 is 2.95 bits per heavy atom. The number of aryl methyl sites for hydroxylation is 1. The van der Waals surface area contributed by atoms with Gasteiger partial charge in [-0.3, -0.25) is 0 Å². The maximum Gasteiger partial charge on any atom is 0.261 e. The van der Waals surface area contributed by atoms with Crippen molar-refractivity contribution in [3.8, 4) is 17.2 Å². The average molecular weight is 352 g/mol. The summed E-state index contributed by atoms with van der Waals surface area (Å²) >= 11 is 4.94. The number of rotatable bonds is 3. The second-order valence-electron chi connectivity index (χ2n) is 4.21. The maximum atomic E-state index is 9.83. The van der Waals surface area contributed by atoms with Crippen molar-refractivity contribution < 1.29 is 9.63 Å². The van der Waals surface area contributed by atoms with Crippen LogP contribution in [-0.4, -0.2) is 20.2 Å². The first-order valence-corrected chi connectivity index (χ1v) is 7.51. The summed E-state index contributed by atoms with van der Waals surface area (Å²) in [5.41, 5.74) is 1.42. The predicted molar refractivity (Wildman–Crippen MR) is 78.8 cm³/mol. The van der Waals surface area contributed by atoms with E-state index in [2.05, 4.69) is 31.1 Å². The van der Waals surface area contributed by atoms with E-state index >= 15 is 0 Å². The van der Waals surface area contributed by atoms with Crippen molar-refractivity contribution in [1.82, 2.24) is 15.1 Å². The lowest BCUT2D eigenvalue weighted by atomic mass is 10.2. The van der Waals surface area contributed by atoms with Gasteiger partial charge in [0.25, 0.3) is 5.89 Å². The second-order valence-corrected chi connectivity index (χ2v) is 6.19. The number of phenols is 1. The lowest BCUT2D eigenvalue weighted by molar-refractivity contribution is 0.418. The Balaban J connectivity index is 1.88. The summed E-state index contributed by atoms with van der Waals surface area (Å²) < 4.78 is 6.03. The van der Waals surface area contributed by atoms with Gasteiger partial charge in [0.15, 0.2) is 5.82 Å². The summed E-state index contributed by atoms with van der Waals surface area (Å²) in [7, 11) is 0. The van der Waals surface area contributed by atoms with Crippen LogP contribution < -0.4 is 0 Å². The van der Waals surface area contributed by atoms with E-state index in [4.69, 9.17) is 4.52 Å². The molecule has 0 spiro atoms. The molecule has 3 rings (SSSR count). The Morgan fingerprint density at radius 1 is 1.35 bits per heavy atom. The third-order valence-electron chi connectivity index (χ3n) is 2.66. The lowest BCUT2D eigenvalue weighted by Gasteiger charge is -1.99. The van der Waals surface area contributed by atoms with Gasteiger partial charge in [-0.05, 0) is 25.1 Å². The van der Waals surface area contributed by atoms with Gasteiger partial charge in [-0.15, -0.1) is 11.3 Å². The standard InChI is InChI=1S/C13H10BrN3O2S/c1-7-15-9(6-20-7)5-12-16-13(19-17-12)10-4-8(14)2-3-11(10)18/h2-4,6,18H,5H2,1H3. The molecule has 0 fully saturated rings. The van der Waals surface area contributed by atoms with Crippen LogP contribution in [0, 0.1) is 6.92 Å². The number of hydrogen-bond donors (Lipinski definition) is 1. The van der Waals surface area contributed by atoms with Gasteiger partial charge in [0.2, 0.25) is 0 Å². The van der Waals surface area contributed by atoms with Crippen molar-refractivity contribution in [3.63, 3.8) is 0 Å². The third-order valence-corrected chi connectivity index (χ3v) is 3.98. The van der Waals surface area contributed by atoms with Gasteiger partial charge >= 0.3 is 0 Å². The Labute approximate surface area is 127 Å². The molecule has 0 bridgehead atoms. The van der Waals surface area contributed by atoms with Crippen LogP contribution in [0.25, 0.3) is 11.5 Å². The molecule has 0 aliphatic rings. The molecule has 0 amide bonds. The number of aromatic hydroxyl groups is 1. The second kappa shape index (κ2) is 5.34. The zero-order valence-corrected chi connectivity index (χ0v) is 12.9. The maximum absolute atomic E-state index is 9.83. The molecule has 2 heterocycles. The average Bonchev–Trinajstić information content (AvgIpc) is 3.02. The van der Waals surface area contributed by atoms with E-state index in [1.165, 1.54) is 0 Å². The van der Waals surface area contributed by atoms with Gasteiger partial charge in [-0.25, -0.2) is 4.98 Å². The van der Waals surface area contributed by atoms with E-state index in [0.29, 0.717) is 23.7 Å². The summed E-state index contributed by atoms with van der Waals surface area (Å²) in [6.45, 7) is 1.95. The molecule has 0 saturated heterocycles. The fourth-order valence-corrected chi connectivity index (χ4v) is 2.74. The molecule has 0 aliphatic heterocycles. The van der Waals surface area contributed by atoms with Crippen molar-refractivity contribution in [2.75, 3.05) is 0 Å². The molecule has 102 valence electrons. The van der Waals surface area contributed by atoms with E-state index < -0.39 is 0 Å². The van der Waals surface area contributed by atoms with Crippen LogP contribution in [0.5, 0.6) is 5.75 Å². The summed E-state index contributed by atoms with van der Waals surface area (Å²) in [5, 5.41) is 16.7. The Kier molecular flexibility index (Phi) is 3.54. The number of phenolic OH excluding ortho intramolecular Hbond substituents is 1. The number of benzene rings is 1. The van der Waals surface area contributed by atoms with Crippen LogP contribution in [0.1, 0.15) is 16.5 Å². The Morgan fingerprint density at radius 2 is 2.20 bits per heavy atom. The van der Waals surface area contributed by atoms with Crippen LogP contribution in [0.15, 0.2) is 32.6 Å². The molecule has 0 unspecified atom stereocenters. The van der Waals surface area contributed by atoms with Crippen molar-refractivity contribution >= 4 is 27.3 Å². The van der Waals surface area contributed by atoms with Crippen molar-refractivity contribution in [1.29, 1.82) is 0 Å². The zero-order chi connectivity index (χ0) is 14.1. The molecule has 0 radical (unpaired) electrons. The number of thiazole rings is 1.